The normalized spacial score (nSPS) is 11.7. The molecule has 1 amide bonds. The van der Waals surface area contributed by atoms with Gasteiger partial charge in [0, 0.05) is 6.42 Å². The molecule has 0 fully saturated rings. The van der Waals surface area contributed by atoms with Crippen LogP contribution in [0.5, 0.6) is 28.7 Å². The number of methoxy groups -OCH3 is 2. The van der Waals surface area contributed by atoms with Crippen LogP contribution in [-0.4, -0.2) is 69.9 Å². The molecule has 1 atom stereocenters. The van der Waals surface area contributed by atoms with Gasteiger partial charge in [-0.1, -0.05) is 36.4 Å². The number of carboxylic acids is 1. The minimum Gasteiger partial charge on any atom is -0.508 e. The van der Waals surface area contributed by atoms with E-state index in [2.05, 4.69) is 5.32 Å². The first-order valence-corrected chi connectivity index (χ1v) is 14.3. The number of phenolic OH excluding ortho intramolecular Hbond substituents is 3. The molecule has 250 valence electrons. The van der Waals surface area contributed by atoms with Crippen molar-refractivity contribution in [2.45, 2.75) is 45.3 Å². The summed E-state index contributed by atoms with van der Waals surface area (Å²) in [6.07, 6.45) is 4.77. The number of aromatic hydroxyl groups is 3. The number of ketones is 2. The van der Waals surface area contributed by atoms with Gasteiger partial charge >= 0.3 is 12.1 Å². The largest absolute Gasteiger partial charge is 0.508 e. The maximum Gasteiger partial charge on any atom is 0.408 e. The lowest BCUT2D eigenvalue weighted by Crippen LogP contribution is -2.44. The number of rotatable bonds is 12. The van der Waals surface area contributed by atoms with Gasteiger partial charge in [0.2, 0.25) is 0 Å². The number of carbonyl (C=O) groups excluding carboxylic acids is 3. The second-order valence-electron chi connectivity index (χ2n) is 11.0. The number of alkyl carbamates (subject to hydrolysis) is 1. The summed E-state index contributed by atoms with van der Waals surface area (Å²) in [5.41, 5.74) is 1.33. The zero-order valence-electron chi connectivity index (χ0n) is 26.7. The van der Waals surface area contributed by atoms with Crippen LogP contribution in [0.2, 0.25) is 0 Å². The van der Waals surface area contributed by atoms with Crippen LogP contribution in [0.25, 0.3) is 12.2 Å². The van der Waals surface area contributed by atoms with Crippen molar-refractivity contribution in [3.8, 4) is 28.7 Å². The van der Waals surface area contributed by atoms with Gasteiger partial charge in [0.05, 0.1) is 20.6 Å². The lowest BCUT2D eigenvalue weighted by Gasteiger charge is -2.22. The third-order valence-electron chi connectivity index (χ3n) is 6.04. The van der Waals surface area contributed by atoms with E-state index in [-0.39, 0.29) is 41.7 Å². The molecule has 12 heteroatoms. The van der Waals surface area contributed by atoms with Crippen molar-refractivity contribution in [2.75, 3.05) is 14.2 Å². The molecule has 12 nitrogen and oxygen atoms in total. The van der Waals surface area contributed by atoms with Crippen LogP contribution in [-0.2, 0) is 25.5 Å². The average Bonchev–Trinajstić information content (AvgIpc) is 3.00. The number of aliphatic carboxylic acids is 1. The van der Waals surface area contributed by atoms with Gasteiger partial charge in [-0.3, -0.25) is 9.59 Å². The first-order chi connectivity index (χ1) is 22.1. The molecule has 0 heterocycles. The number of phenols is 3. The van der Waals surface area contributed by atoms with Gasteiger partial charge < -0.3 is 40.0 Å². The Morgan fingerprint density at radius 2 is 1.23 bits per heavy atom. The molecule has 3 aromatic carbocycles. The van der Waals surface area contributed by atoms with E-state index >= 15 is 0 Å². The number of carboxylic acid groups (broad SMARTS) is 1. The van der Waals surface area contributed by atoms with E-state index in [9.17, 15) is 29.4 Å². The molecule has 0 saturated carbocycles. The highest BCUT2D eigenvalue weighted by Gasteiger charge is 2.24. The first kappa shape index (κ1) is 37.4. The summed E-state index contributed by atoms with van der Waals surface area (Å²) >= 11 is 0. The predicted octanol–water partition coefficient (Wildman–Crippen LogP) is 5.28. The Bertz CT molecular complexity index is 1530. The Labute approximate surface area is 272 Å². The van der Waals surface area contributed by atoms with Crippen molar-refractivity contribution in [1.29, 1.82) is 0 Å². The quantitative estimate of drug-likeness (QED) is 0.127. The Morgan fingerprint density at radius 1 is 0.766 bits per heavy atom. The van der Waals surface area contributed by atoms with Crippen molar-refractivity contribution in [2.24, 2.45) is 0 Å². The minimum absolute atomic E-state index is 0.00662. The summed E-state index contributed by atoms with van der Waals surface area (Å²) in [6, 6.07) is 14.4. The predicted molar refractivity (Wildman–Crippen MR) is 175 cm³/mol. The number of benzene rings is 3. The van der Waals surface area contributed by atoms with Crippen molar-refractivity contribution in [3.63, 3.8) is 0 Å². The number of amides is 1. The summed E-state index contributed by atoms with van der Waals surface area (Å²) in [5, 5.41) is 39.7. The SMILES string of the molecule is CC(C)(C)OC(=O)NC(Cc1ccc(O)cc1)C(=O)O.COc1cc(/C=C/C(=O)CC(=O)/C=C/c2ccc(O)c(OC)c2)ccc1O. The van der Waals surface area contributed by atoms with Crippen molar-refractivity contribution >= 4 is 35.8 Å². The minimum atomic E-state index is -1.15. The third kappa shape index (κ3) is 13.8. The Morgan fingerprint density at radius 3 is 1.64 bits per heavy atom. The van der Waals surface area contributed by atoms with E-state index in [0.29, 0.717) is 28.2 Å². The fourth-order valence-corrected chi connectivity index (χ4v) is 3.78. The average molecular weight is 650 g/mol. The van der Waals surface area contributed by atoms with Crippen LogP contribution >= 0.6 is 0 Å². The smallest absolute Gasteiger partial charge is 0.408 e. The zero-order chi connectivity index (χ0) is 35.1. The molecule has 0 aliphatic heterocycles. The maximum atomic E-state index is 11.9. The third-order valence-corrected chi connectivity index (χ3v) is 6.04. The lowest BCUT2D eigenvalue weighted by atomic mass is 10.1. The second kappa shape index (κ2) is 17.6. The highest BCUT2D eigenvalue weighted by Crippen LogP contribution is 2.27. The van der Waals surface area contributed by atoms with E-state index in [1.807, 2.05) is 0 Å². The fraction of sp³-hybridized carbons (Fsp3) is 0.257. The van der Waals surface area contributed by atoms with Crippen LogP contribution < -0.4 is 14.8 Å². The van der Waals surface area contributed by atoms with Crippen molar-refractivity contribution in [3.05, 3.63) is 89.5 Å². The van der Waals surface area contributed by atoms with Crippen molar-refractivity contribution < 1.29 is 53.8 Å². The number of nitrogens with one attached hydrogen (secondary N) is 1. The molecule has 47 heavy (non-hydrogen) atoms. The summed E-state index contributed by atoms with van der Waals surface area (Å²) in [5.74, 6) is -1.13. The van der Waals surface area contributed by atoms with Crippen LogP contribution in [0, 0.1) is 0 Å². The van der Waals surface area contributed by atoms with Gasteiger partial charge in [0.15, 0.2) is 34.6 Å². The molecule has 0 spiro atoms. The summed E-state index contributed by atoms with van der Waals surface area (Å²) in [4.78, 5) is 46.6. The molecule has 3 aromatic rings. The Kier molecular flexibility index (Phi) is 14.0. The fourth-order valence-electron chi connectivity index (χ4n) is 3.78. The van der Waals surface area contributed by atoms with Gasteiger partial charge in [0.1, 0.15) is 17.4 Å². The van der Waals surface area contributed by atoms with E-state index in [1.165, 1.54) is 50.6 Å². The monoisotopic (exact) mass is 649 g/mol. The lowest BCUT2D eigenvalue weighted by molar-refractivity contribution is -0.139. The molecular weight excluding hydrogens is 610 g/mol. The van der Waals surface area contributed by atoms with E-state index < -0.39 is 23.7 Å². The first-order valence-electron chi connectivity index (χ1n) is 14.3. The van der Waals surface area contributed by atoms with Crippen LogP contribution in [0.15, 0.2) is 72.8 Å². The van der Waals surface area contributed by atoms with Gasteiger partial charge in [-0.15, -0.1) is 0 Å². The Hall–Kier alpha value is -5.78. The maximum absolute atomic E-state index is 11.9. The second-order valence-corrected chi connectivity index (χ2v) is 11.0. The number of carbonyl (C=O) groups is 4. The molecule has 0 aliphatic carbocycles. The van der Waals surface area contributed by atoms with E-state index in [4.69, 9.17) is 24.4 Å². The summed E-state index contributed by atoms with van der Waals surface area (Å²) in [6.45, 7) is 5.09. The Balaban J connectivity index is 0.000000343. The molecule has 5 N–H and O–H groups in total. The van der Waals surface area contributed by atoms with E-state index in [1.54, 1.807) is 69.3 Å². The van der Waals surface area contributed by atoms with Crippen molar-refractivity contribution in [1.82, 2.24) is 5.32 Å². The molecule has 0 radical (unpaired) electrons. The van der Waals surface area contributed by atoms with Crippen LogP contribution in [0.1, 0.15) is 43.9 Å². The van der Waals surface area contributed by atoms with Gasteiger partial charge in [0.25, 0.3) is 0 Å². The van der Waals surface area contributed by atoms with Crippen LogP contribution in [0.4, 0.5) is 4.79 Å². The number of hydrogen-bond acceptors (Lipinski definition) is 10. The standard InChI is InChI=1S/C21H20O6.C14H19NO5/c1-26-20-11-14(5-9-18(20)24)3-7-16(22)13-17(23)8-4-15-6-10-19(25)21(12-15)27-2;1-14(2,3)20-13(19)15-11(12(17)18)8-9-4-6-10(16)7-5-9/h3-12,24-25H,13H2,1-2H3;4-7,11,16H,8H2,1-3H3,(H,15,19)(H,17,18)/b7-3+,8-4+;. The number of allylic oxidation sites excluding steroid dienone is 2. The molecule has 3 rings (SSSR count). The summed E-state index contributed by atoms with van der Waals surface area (Å²) in [7, 11) is 2.87. The summed E-state index contributed by atoms with van der Waals surface area (Å²) < 4.78 is 15.0. The molecule has 0 bridgehead atoms. The molecule has 1 unspecified atom stereocenters. The molecule has 0 aliphatic rings. The molecular formula is C35H39NO11. The topological polar surface area (TPSA) is 189 Å². The van der Waals surface area contributed by atoms with Gasteiger partial charge in [-0.2, -0.15) is 0 Å². The highest BCUT2D eigenvalue weighted by atomic mass is 16.6. The van der Waals surface area contributed by atoms with Gasteiger partial charge in [-0.25, -0.2) is 9.59 Å². The zero-order valence-corrected chi connectivity index (χ0v) is 26.7. The van der Waals surface area contributed by atoms with Gasteiger partial charge in [-0.05, 0) is 86.0 Å². The number of ether oxygens (including phenoxy) is 3. The van der Waals surface area contributed by atoms with Crippen LogP contribution in [0.3, 0.4) is 0 Å². The van der Waals surface area contributed by atoms with E-state index in [0.717, 1.165) is 0 Å². The molecule has 0 aromatic heterocycles. The molecule has 0 saturated heterocycles. The highest BCUT2D eigenvalue weighted by molar-refractivity contribution is 6.10. The number of hydrogen-bond donors (Lipinski definition) is 5.